The second-order valence-electron chi connectivity index (χ2n) is 4.64. The highest BCUT2D eigenvalue weighted by atomic mass is 16.1. The number of carbonyl (C=O) groups is 1. The first-order valence-electron chi connectivity index (χ1n) is 5.94. The van der Waals surface area contributed by atoms with Gasteiger partial charge in [-0.2, -0.15) is 0 Å². The van der Waals surface area contributed by atoms with Crippen molar-refractivity contribution < 1.29 is 4.79 Å². The van der Waals surface area contributed by atoms with Crippen molar-refractivity contribution in [3.63, 3.8) is 0 Å². The van der Waals surface area contributed by atoms with Crippen LogP contribution in [0.3, 0.4) is 0 Å². The molecule has 1 rings (SSSR count). The average Bonchev–Trinajstić information content (AvgIpc) is 2.28. The predicted molar refractivity (Wildman–Crippen MR) is 67.1 cm³/mol. The van der Waals surface area contributed by atoms with E-state index in [1.165, 1.54) is 0 Å². The Morgan fingerprint density at radius 2 is 1.88 bits per heavy atom. The molecule has 2 nitrogen and oxygen atoms in total. The molecule has 0 aromatic heterocycles. The van der Waals surface area contributed by atoms with Gasteiger partial charge in [0.05, 0.1) is 6.04 Å². The number of Topliss-reactive ketones (excluding diaryl/α,β-unsaturated/α-hetero) is 1. The van der Waals surface area contributed by atoms with Crippen molar-refractivity contribution in [2.24, 2.45) is 11.7 Å². The minimum absolute atomic E-state index is 0.145. The van der Waals surface area contributed by atoms with E-state index in [1.54, 1.807) is 0 Å². The molecule has 0 aliphatic rings. The van der Waals surface area contributed by atoms with Gasteiger partial charge in [0.2, 0.25) is 0 Å². The van der Waals surface area contributed by atoms with Gasteiger partial charge in [-0.1, -0.05) is 50.6 Å². The SMILES string of the molecule is CC(C)CCCC(=O)[C@H](N)c1ccccc1. The third kappa shape index (κ3) is 4.15. The summed E-state index contributed by atoms with van der Waals surface area (Å²) in [6.07, 6.45) is 2.62. The normalized spacial score (nSPS) is 12.8. The summed E-state index contributed by atoms with van der Waals surface area (Å²) >= 11 is 0. The number of benzene rings is 1. The van der Waals surface area contributed by atoms with Crippen LogP contribution in [0.5, 0.6) is 0 Å². The lowest BCUT2D eigenvalue weighted by Crippen LogP contribution is -2.21. The molecule has 88 valence electrons. The summed E-state index contributed by atoms with van der Waals surface area (Å²) in [6, 6.07) is 9.12. The van der Waals surface area contributed by atoms with Crippen LogP contribution in [0.25, 0.3) is 0 Å². The minimum Gasteiger partial charge on any atom is -0.318 e. The first-order chi connectivity index (χ1) is 7.61. The molecule has 0 bridgehead atoms. The number of carbonyl (C=O) groups excluding carboxylic acids is 1. The zero-order valence-corrected chi connectivity index (χ0v) is 10.1. The fourth-order valence-electron chi connectivity index (χ4n) is 1.69. The lowest BCUT2D eigenvalue weighted by molar-refractivity contribution is -0.120. The van der Waals surface area contributed by atoms with E-state index in [-0.39, 0.29) is 5.78 Å². The molecule has 0 fully saturated rings. The van der Waals surface area contributed by atoms with Gasteiger partial charge in [-0.25, -0.2) is 0 Å². The van der Waals surface area contributed by atoms with Gasteiger partial charge in [0, 0.05) is 6.42 Å². The molecule has 0 saturated carbocycles. The maximum atomic E-state index is 11.8. The predicted octanol–water partition coefficient (Wildman–Crippen LogP) is 3.08. The topological polar surface area (TPSA) is 43.1 Å². The van der Waals surface area contributed by atoms with E-state index in [0.717, 1.165) is 18.4 Å². The summed E-state index contributed by atoms with van der Waals surface area (Å²) in [7, 11) is 0. The lowest BCUT2D eigenvalue weighted by atomic mass is 9.98. The Kier molecular flexibility index (Phi) is 5.20. The maximum absolute atomic E-state index is 11.8. The van der Waals surface area contributed by atoms with Gasteiger partial charge in [0.1, 0.15) is 0 Å². The van der Waals surface area contributed by atoms with Crippen molar-refractivity contribution in [2.45, 2.75) is 39.2 Å². The third-order valence-electron chi connectivity index (χ3n) is 2.71. The largest absolute Gasteiger partial charge is 0.318 e. The van der Waals surface area contributed by atoms with Gasteiger partial charge >= 0.3 is 0 Å². The van der Waals surface area contributed by atoms with Gasteiger partial charge in [0.25, 0.3) is 0 Å². The zero-order valence-electron chi connectivity index (χ0n) is 10.1. The molecular formula is C14H21NO. The highest BCUT2D eigenvalue weighted by Gasteiger charge is 2.14. The number of nitrogens with two attached hydrogens (primary N) is 1. The number of rotatable bonds is 6. The summed E-state index contributed by atoms with van der Waals surface area (Å²) in [5.74, 6) is 0.799. The van der Waals surface area contributed by atoms with Crippen molar-refractivity contribution >= 4 is 5.78 Å². The van der Waals surface area contributed by atoms with E-state index in [0.29, 0.717) is 12.3 Å². The summed E-state index contributed by atoms with van der Waals surface area (Å²) in [6.45, 7) is 4.34. The smallest absolute Gasteiger partial charge is 0.154 e. The Bertz CT molecular complexity index is 319. The Morgan fingerprint density at radius 3 is 2.44 bits per heavy atom. The summed E-state index contributed by atoms with van der Waals surface area (Å²) in [5, 5.41) is 0. The standard InChI is InChI=1S/C14H21NO/c1-11(2)7-6-10-13(16)14(15)12-8-4-3-5-9-12/h3-5,8-9,11,14H,6-7,10,15H2,1-2H3/t14-/m1/s1. The molecule has 0 saturated heterocycles. The Labute approximate surface area is 97.9 Å². The number of ketones is 1. The van der Waals surface area contributed by atoms with Crippen LogP contribution in [-0.4, -0.2) is 5.78 Å². The van der Waals surface area contributed by atoms with E-state index in [1.807, 2.05) is 30.3 Å². The van der Waals surface area contributed by atoms with Gasteiger partial charge in [-0.3, -0.25) is 4.79 Å². The molecule has 1 aromatic carbocycles. The second kappa shape index (κ2) is 6.44. The Balaban J connectivity index is 2.43. The summed E-state index contributed by atoms with van der Waals surface area (Å²) in [5.41, 5.74) is 6.82. The molecule has 16 heavy (non-hydrogen) atoms. The molecule has 2 N–H and O–H groups in total. The van der Waals surface area contributed by atoms with E-state index in [2.05, 4.69) is 13.8 Å². The number of hydrogen-bond acceptors (Lipinski definition) is 2. The van der Waals surface area contributed by atoms with E-state index < -0.39 is 6.04 Å². The van der Waals surface area contributed by atoms with E-state index in [9.17, 15) is 4.79 Å². The lowest BCUT2D eigenvalue weighted by Gasteiger charge is -2.11. The second-order valence-corrected chi connectivity index (χ2v) is 4.64. The van der Waals surface area contributed by atoms with Crippen LogP contribution in [0.2, 0.25) is 0 Å². The molecule has 0 spiro atoms. The molecular weight excluding hydrogens is 198 g/mol. The highest BCUT2D eigenvalue weighted by Crippen LogP contribution is 2.15. The fraction of sp³-hybridized carbons (Fsp3) is 0.500. The van der Waals surface area contributed by atoms with Gasteiger partial charge < -0.3 is 5.73 Å². The zero-order chi connectivity index (χ0) is 12.0. The monoisotopic (exact) mass is 219 g/mol. The Hall–Kier alpha value is -1.15. The molecule has 0 amide bonds. The van der Waals surface area contributed by atoms with Crippen LogP contribution < -0.4 is 5.73 Å². The van der Waals surface area contributed by atoms with Crippen LogP contribution in [0.15, 0.2) is 30.3 Å². The van der Waals surface area contributed by atoms with E-state index in [4.69, 9.17) is 5.73 Å². The first-order valence-corrected chi connectivity index (χ1v) is 5.94. The Morgan fingerprint density at radius 1 is 1.25 bits per heavy atom. The first kappa shape index (κ1) is 12.9. The quantitative estimate of drug-likeness (QED) is 0.799. The molecule has 0 aliphatic heterocycles. The van der Waals surface area contributed by atoms with E-state index >= 15 is 0 Å². The molecule has 0 aliphatic carbocycles. The van der Waals surface area contributed by atoms with Gasteiger partial charge in [0.15, 0.2) is 5.78 Å². The van der Waals surface area contributed by atoms with Crippen LogP contribution in [0.1, 0.15) is 44.7 Å². The minimum atomic E-state index is -0.451. The molecule has 1 aromatic rings. The van der Waals surface area contributed by atoms with Crippen LogP contribution >= 0.6 is 0 Å². The van der Waals surface area contributed by atoms with Crippen molar-refractivity contribution in [2.75, 3.05) is 0 Å². The molecule has 0 unspecified atom stereocenters. The molecule has 0 radical (unpaired) electrons. The van der Waals surface area contributed by atoms with Crippen LogP contribution in [0.4, 0.5) is 0 Å². The maximum Gasteiger partial charge on any atom is 0.154 e. The average molecular weight is 219 g/mol. The molecule has 1 atom stereocenters. The highest BCUT2D eigenvalue weighted by molar-refractivity contribution is 5.84. The fourth-order valence-corrected chi connectivity index (χ4v) is 1.69. The van der Waals surface area contributed by atoms with Crippen molar-refractivity contribution in [1.82, 2.24) is 0 Å². The van der Waals surface area contributed by atoms with Crippen molar-refractivity contribution in [3.8, 4) is 0 Å². The van der Waals surface area contributed by atoms with Crippen molar-refractivity contribution in [1.29, 1.82) is 0 Å². The molecule has 0 heterocycles. The van der Waals surface area contributed by atoms with Crippen molar-refractivity contribution in [3.05, 3.63) is 35.9 Å². The summed E-state index contributed by atoms with van der Waals surface area (Å²) in [4.78, 5) is 11.8. The van der Waals surface area contributed by atoms with Crippen LogP contribution in [0, 0.1) is 5.92 Å². The van der Waals surface area contributed by atoms with Gasteiger partial charge in [-0.15, -0.1) is 0 Å². The third-order valence-corrected chi connectivity index (χ3v) is 2.71. The number of hydrogen-bond donors (Lipinski definition) is 1. The molecule has 2 heteroatoms. The van der Waals surface area contributed by atoms with Crippen LogP contribution in [-0.2, 0) is 4.79 Å². The summed E-state index contributed by atoms with van der Waals surface area (Å²) < 4.78 is 0. The van der Waals surface area contributed by atoms with Gasteiger partial charge in [-0.05, 0) is 17.9 Å².